The number of fused-ring (bicyclic) bond motifs is 3. The fourth-order valence-corrected chi connectivity index (χ4v) is 3.03. The number of aryl methyl sites for hydroxylation is 1. The molecule has 0 bridgehead atoms. The van der Waals surface area contributed by atoms with E-state index in [1.165, 1.54) is 21.8 Å². The Balaban J connectivity index is 1.76. The van der Waals surface area contributed by atoms with Crippen molar-refractivity contribution in [1.29, 1.82) is 0 Å². The summed E-state index contributed by atoms with van der Waals surface area (Å²) in [7, 11) is 0. The molecular weight excluding hydrogens is 292 g/mol. The summed E-state index contributed by atoms with van der Waals surface area (Å²) in [4.78, 5) is 11.2. The van der Waals surface area contributed by atoms with E-state index >= 15 is 0 Å². The van der Waals surface area contributed by atoms with Gasteiger partial charge in [0.15, 0.2) is 0 Å². The van der Waals surface area contributed by atoms with Crippen molar-refractivity contribution >= 4 is 40.3 Å². The first-order valence-electron chi connectivity index (χ1n) is 7.65. The van der Waals surface area contributed by atoms with E-state index < -0.39 is 0 Å². The highest BCUT2D eigenvalue weighted by atomic mass is 32.1. The monoisotopic (exact) mass is 312 g/mol. The molecule has 4 heteroatoms. The van der Waals surface area contributed by atoms with E-state index in [2.05, 4.69) is 71.0 Å². The fraction of sp³-hybridized carbons (Fsp3) is 0.278. The van der Waals surface area contributed by atoms with Gasteiger partial charge in [0.1, 0.15) is 0 Å². The summed E-state index contributed by atoms with van der Waals surface area (Å²) in [6.45, 7) is 1.68. The minimum Gasteiger partial charge on any atom is -0.355 e. The van der Waals surface area contributed by atoms with Crippen LogP contribution in [0, 0.1) is 0 Å². The Labute approximate surface area is 135 Å². The Morgan fingerprint density at radius 1 is 0.955 bits per heavy atom. The van der Waals surface area contributed by atoms with Crippen molar-refractivity contribution in [3.63, 3.8) is 0 Å². The van der Waals surface area contributed by atoms with Crippen LogP contribution in [0.5, 0.6) is 0 Å². The average Bonchev–Trinajstić information content (AvgIpc) is 2.89. The van der Waals surface area contributed by atoms with E-state index in [9.17, 15) is 4.79 Å². The molecule has 0 aliphatic rings. The largest absolute Gasteiger partial charge is 0.355 e. The molecule has 1 heterocycles. The van der Waals surface area contributed by atoms with Gasteiger partial charge in [0, 0.05) is 34.9 Å². The van der Waals surface area contributed by atoms with Crippen molar-refractivity contribution in [3.8, 4) is 0 Å². The van der Waals surface area contributed by atoms with Gasteiger partial charge in [-0.3, -0.25) is 4.79 Å². The predicted molar refractivity (Wildman–Crippen MR) is 95.5 cm³/mol. The highest BCUT2D eigenvalue weighted by Crippen LogP contribution is 2.28. The van der Waals surface area contributed by atoms with Gasteiger partial charge < -0.3 is 9.88 Å². The second-order valence-corrected chi connectivity index (χ2v) is 5.72. The second-order valence-electron chi connectivity index (χ2n) is 5.40. The maximum atomic E-state index is 11.2. The topological polar surface area (TPSA) is 34.0 Å². The number of rotatable bonds is 6. The summed E-state index contributed by atoms with van der Waals surface area (Å²) < 4.78 is 2.38. The van der Waals surface area contributed by atoms with Gasteiger partial charge in [-0.25, -0.2) is 0 Å². The van der Waals surface area contributed by atoms with Crippen molar-refractivity contribution in [1.82, 2.24) is 9.88 Å². The lowest BCUT2D eigenvalue weighted by Crippen LogP contribution is -2.25. The van der Waals surface area contributed by atoms with Gasteiger partial charge in [-0.2, -0.15) is 12.6 Å². The number of nitrogens with one attached hydrogen (secondary N) is 1. The van der Waals surface area contributed by atoms with Crippen LogP contribution in [0.3, 0.4) is 0 Å². The van der Waals surface area contributed by atoms with Crippen LogP contribution in [0.2, 0.25) is 0 Å². The van der Waals surface area contributed by atoms with Crippen LogP contribution in [0.25, 0.3) is 21.8 Å². The molecule has 1 N–H and O–H groups in total. The zero-order valence-electron chi connectivity index (χ0n) is 12.5. The lowest BCUT2D eigenvalue weighted by molar-refractivity contribution is -0.118. The SMILES string of the molecule is O=C(CS)NCCCCn1c2ccccc2c2ccccc21. The van der Waals surface area contributed by atoms with Gasteiger partial charge in [-0.1, -0.05) is 36.4 Å². The Bertz CT molecular complexity index is 741. The summed E-state index contributed by atoms with van der Waals surface area (Å²) in [5.41, 5.74) is 2.56. The van der Waals surface area contributed by atoms with Crippen LogP contribution in [-0.4, -0.2) is 22.8 Å². The van der Waals surface area contributed by atoms with Gasteiger partial charge in [0.25, 0.3) is 0 Å². The number of nitrogens with zero attached hydrogens (tertiary/aromatic N) is 1. The molecule has 114 valence electrons. The normalized spacial score (nSPS) is 11.1. The Morgan fingerprint density at radius 3 is 2.14 bits per heavy atom. The molecule has 3 nitrogen and oxygen atoms in total. The van der Waals surface area contributed by atoms with Gasteiger partial charge in [0.05, 0.1) is 5.75 Å². The molecule has 22 heavy (non-hydrogen) atoms. The maximum absolute atomic E-state index is 11.2. The Hall–Kier alpha value is -1.94. The molecule has 0 fully saturated rings. The molecule has 0 spiro atoms. The quantitative estimate of drug-likeness (QED) is 0.529. The number of amides is 1. The van der Waals surface area contributed by atoms with Crippen LogP contribution in [-0.2, 0) is 11.3 Å². The molecule has 0 radical (unpaired) electrons. The molecule has 0 aliphatic heterocycles. The van der Waals surface area contributed by atoms with Crippen molar-refractivity contribution in [2.24, 2.45) is 0 Å². The zero-order chi connectivity index (χ0) is 15.4. The zero-order valence-corrected chi connectivity index (χ0v) is 13.4. The van der Waals surface area contributed by atoms with Gasteiger partial charge >= 0.3 is 0 Å². The molecule has 0 saturated carbocycles. The molecular formula is C18H20N2OS. The third-order valence-electron chi connectivity index (χ3n) is 3.95. The first-order chi connectivity index (χ1) is 10.8. The standard InChI is InChI=1S/C18H20N2OS/c21-18(13-22)19-11-5-6-12-20-16-9-3-1-7-14(16)15-8-2-4-10-17(15)20/h1-4,7-10,22H,5-6,11-13H2,(H,19,21). The van der Waals surface area contributed by atoms with Crippen molar-refractivity contribution < 1.29 is 4.79 Å². The molecule has 0 aliphatic carbocycles. The minimum atomic E-state index is 0.000182. The van der Waals surface area contributed by atoms with Gasteiger partial charge in [-0.15, -0.1) is 0 Å². The highest BCUT2D eigenvalue weighted by Gasteiger charge is 2.08. The van der Waals surface area contributed by atoms with Crippen LogP contribution >= 0.6 is 12.6 Å². The number of aromatic nitrogens is 1. The van der Waals surface area contributed by atoms with Crippen molar-refractivity contribution in [2.45, 2.75) is 19.4 Å². The predicted octanol–water partition coefficient (Wildman–Crippen LogP) is 3.62. The van der Waals surface area contributed by atoms with Gasteiger partial charge in [0.2, 0.25) is 5.91 Å². The van der Waals surface area contributed by atoms with E-state index in [4.69, 9.17) is 0 Å². The van der Waals surface area contributed by atoms with E-state index in [0.29, 0.717) is 0 Å². The molecule has 1 amide bonds. The number of unbranched alkanes of at least 4 members (excludes halogenated alkanes) is 1. The summed E-state index contributed by atoms with van der Waals surface area (Å²) in [5, 5.41) is 5.48. The van der Waals surface area contributed by atoms with Crippen LogP contribution in [0.15, 0.2) is 48.5 Å². The average molecular weight is 312 g/mol. The lowest BCUT2D eigenvalue weighted by atomic mass is 10.2. The number of carbonyl (C=O) groups excluding carboxylic acids is 1. The fourth-order valence-electron chi connectivity index (χ4n) is 2.92. The molecule has 3 rings (SSSR count). The molecule has 0 saturated heterocycles. The van der Waals surface area contributed by atoms with E-state index in [1.807, 2.05) is 0 Å². The van der Waals surface area contributed by atoms with Gasteiger partial charge in [-0.05, 0) is 25.0 Å². The Kier molecular flexibility index (Phi) is 4.68. The summed E-state index contributed by atoms with van der Waals surface area (Å²) >= 11 is 3.95. The maximum Gasteiger partial charge on any atom is 0.229 e. The third-order valence-corrected chi connectivity index (χ3v) is 4.24. The first kappa shape index (κ1) is 15.0. The van der Waals surface area contributed by atoms with Crippen molar-refractivity contribution in [3.05, 3.63) is 48.5 Å². The summed E-state index contributed by atoms with van der Waals surface area (Å²) in [6, 6.07) is 17.1. The number of benzene rings is 2. The number of para-hydroxylation sites is 2. The smallest absolute Gasteiger partial charge is 0.229 e. The summed E-state index contributed by atoms with van der Waals surface area (Å²) in [5.74, 6) is 0.257. The molecule has 2 aromatic carbocycles. The molecule has 1 aromatic heterocycles. The number of hydrogen-bond acceptors (Lipinski definition) is 2. The molecule has 0 atom stereocenters. The summed E-state index contributed by atoms with van der Waals surface area (Å²) in [6.07, 6.45) is 2.01. The third kappa shape index (κ3) is 2.97. The minimum absolute atomic E-state index is 0.000182. The lowest BCUT2D eigenvalue weighted by Gasteiger charge is -2.08. The Morgan fingerprint density at radius 2 is 1.55 bits per heavy atom. The van der Waals surface area contributed by atoms with Crippen LogP contribution in [0.1, 0.15) is 12.8 Å². The van der Waals surface area contributed by atoms with E-state index in [-0.39, 0.29) is 11.7 Å². The van der Waals surface area contributed by atoms with Crippen LogP contribution < -0.4 is 5.32 Å². The van der Waals surface area contributed by atoms with E-state index in [0.717, 1.165) is 25.9 Å². The van der Waals surface area contributed by atoms with E-state index in [1.54, 1.807) is 0 Å². The van der Waals surface area contributed by atoms with Crippen molar-refractivity contribution in [2.75, 3.05) is 12.3 Å². The number of thiol groups is 1. The highest BCUT2D eigenvalue weighted by molar-refractivity contribution is 7.81. The number of carbonyl (C=O) groups is 1. The van der Waals surface area contributed by atoms with Crippen LogP contribution in [0.4, 0.5) is 0 Å². The second kappa shape index (κ2) is 6.88. The molecule has 3 aromatic rings. The first-order valence-corrected chi connectivity index (χ1v) is 8.28. The molecule has 0 unspecified atom stereocenters. The number of hydrogen-bond donors (Lipinski definition) is 2.